The summed E-state index contributed by atoms with van der Waals surface area (Å²) >= 11 is 12.7. The number of nitrogens with two attached hydrogens (primary N) is 1. The molecule has 0 unspecified atom stereocenters. The number of aliphatic hydroxyl groups excluding tert-OH is 1. The lowest BCUT2D eigenvalue weighted by atomic mass is 9.73. The van der Waals surface area contributed by atoms with E-state index >= 15 is 0 Å². The van der Waals surface area contributed by atoms with Crippen molar-refractivity contribution in [1.82, 2.24) is 9.97 Å². The van der Waals surface area contributed by atoms with Crippen LogP contribution >= 0.6 is 23.2 Å². The fraction of sp³-hybridized carbons (Fsp3) is 0.524. The van der Waals surface area contributed by atoms with Crippen LogP contribution in [0.2, 0.25) is 10.0 Å². The minimum absolute atomic E-state index is 0.00880. The molecule has 166 valence electrons. The zero-order chi connectivity index (χ0) is 21.8. The SMILES string of the molecule is C[C@@H]1OCC2(CCN(c3ncc(-c4c(Cl)c(Cl)cc5c4OCO5)nc3CO)CC2)[C@@H]1N. The predicted molar refractivity (Wildman–Crippen MR) is 117 cm³/mol. The van der Waals surface area contributed by atoms with E-state index in [1.807, 2.05) is 6.92 Å². The Morgan fingerprint density at radius 3 is 2.74 bits per heavy atom. The average molecular weight is 467 g/mol. The molecular weight excluding hydrogens is 443 g/mol. The summed E-state index contributed by atoms with van der Waals surface area (Å²) in [7, 11) is 0. The maximum absolute atomic E-state index is 10.0. The van der Waals surface area contributed by atoms with Crippen LogP contribution in [0.5, 0.6) is 11.5 Å². The number of hydrogen-bond donors (Lipinski definition) is 2. The fourth-order valence-electron chi connectivity index (χ4n) is 4.77. The number of aromatic nitrogens is 2. The van der Waals surface area contributed by atoms with Crippen LogP contribution in [0.1, 0.15) is 25.5 Å². The van der Waals surface area contributed by atoms with Gasteiger partial charge in [0, 0.05) is 30.6 Å². The summed E-state index contributed by atoms with van der Waals surface area (Å²) in [6.45, 7) is 4.10. The number of piperidine rings is 1. The first-order chi connectivity index (χ1) is 14.9. The summed E-state index contributed by atoms with van der Waals surface area (Å²) in [6, 6.07) is 1.65. The highest BCUT2D eigenvalue weighted by Crippen LogP contribution is 2.48. The van der Waals surface area contributed by atoms with Gasteiger partial charge in [0.15, 0.2) is 17.3 Å². The second kappa shape index (κ2) is 7.94. The van der Waals surface area contributed by atoms with Gasteiger partial charge in [-0.15, -0.1) is 0 Å². The second-order valence-corrected chi connectivity index (χ2v) is 9.14. The van der Waals surface area contributed by atoms with Gasteiger partial charge in [-0.05, 0) is 19.8 Å². The summed E-state index contributed by atoms with van der Waals surface area (Å²) < 4.78 is 16.8. The molecule has 3 N–H and O–H groups in total. The molecule has 2 saturated heterocycles. The first kappa shape index (κ1) is 21.0. The van der Waals surface area contributed by atoms with Gasteiger partial charge in [0.05, 0.1) is 46.8 Å². The van der Waals surface area contributed by atoms with Gasteiger partial charge in [-0.2, -0.15) is 0 Å². The molecule has 5 rings (SSSR count). The molecule has 2 aromatic rings. The Bertz CT molecular complexity index is 1010. The highest BCUT2D eigenvalue weighted by molar-refractivity contribution is 6.44. The lowest BCUT2D eigenvalue weighted by Crippen LogP contribution is -2.51. The second-order valence-electron chi connectivity index (χ2n) is 8.36. The van der Waals surface area contributed by atoms with Gasteiger partial charge in [-0.25, -0.2) is 9.97 Å². The number of fused-ring (bicyclic) bond motifs is 1. The third-order valence-electron chi connectivity index (χ3n) is 6.69. The molecule has 31 heavy (non-hydrogen) atoms. The van der Waals surface area contributed by atoms with Crippen LogP contribution in [-0.2, 0) is 11.3 Å². The Hall–Kier alpha value is -1.84. The topological polar surface area (TPSA) is 103 Å². The van der Waals surface area contributed by atoms with E-state index in [1.165, 1.54) is 0 Å². The molecule has 10 heteroatoms. The third-order valence-corrected chi connectivity index (χ3v) is 7.48. The van der Waals surface area contributed by atoms with Crippen molar-refractivity contribution >= 4 is 29.0 Å². The number of anilines is 1. The predicted octanol–water partition coefficient (Wildman–Crippen LogP) is 3.00. The number of halogens is 2. The molecule has 0 radical (unpaired) electrons. The van der Waals surface area contributed by atoms with Crippen molar-refractivity contribution in [3.05, 3.63) is 28.0 Å². The van der Waals surface area contributed by atoms with Gasteiger partial charge in [0.2, 0.25) is 6.79 Å². The summed E-state index contributed by atoms with van der Waals surface area (Å²) in [6.07, 6.45) is 3.52. The van der Waals surface area contributed by atoms with Gasteiger partial charge in [-0.3, -0.25) is 0 Å². The van der Waals surface area contributed by atoms with Crippen molar-refractivity contribution in [2.45, 2.75) is 38.5 Å². The van der Waals surface area contributed by atoms with Gasteiger partial charge in [-0.1, -0.05) is 23.2 Å². The number of ether oxygens (including phenoxy) is 3. The largest absolute Gasteiger partial charge is 0.454 e. The normalized spacial score (nSPS) is 24.2. The van der Waals surface area contributed by atoms with E-state index in [-0.39, 0.29) is 31.0 Å². The van der Waals surface area contributed by atoms with E-state index in [0.717, 1.165) is 25.9 Å². The monoisotopic (exact) mass is 466 g/mol. The first-order valence-electron chi connectivity index (χ1n) is 10.3. The molecule has 1 aromatic heterocycles. The summed E-state index contributed by atoms with van der Waals surface area (Å²) in [5, 5.41) is 10.7. The van der Waals surface area contributed by atoms with Gasteiger partial charge < -0.3 is 30.0 Å². The first-order valence-corrected chi connectivity index (χ1v) is 11.1. The smallest absolute Gasteiger partial charge is 0.231 e. The number of nitrogens with zero attached hydrogens (tertiary/aromatic N) is 3. The Morgan fingerprint density at radius 1 is 1.29 bits per heavy atom. The van der Waals surface area contributed by atoms with Crippen molar-refractivity contribution in [3.63, 3.8) is 0 Å². The van der Waals surface area contributed by atoms with E-state index in [4.69, 9.17) is 43.1 Å². The molecule has 4 heterocycles. The Balaban J connectivity index is 1.44. The van der Waals surface area contributed by atoms with E-state index in [0.29, 0.717) is 50.9 Å². The van der Waals surface area contributed by atoms with Crippen LogP contribution in [0.15, 0.2) is 12.3 Å². The van der Waals surface area contributed by atoms with Crippen LogP contribution in [-0.4, -0.2) is 53.7 Å². The zero-order valence-electron chi connectivity index (χ0n) is 17.1. The summed E-state index contributed by atoms with van der Waals surface area (Å²) in [5.74, 6) is 1.64. The molecule has 1 aromatic carbocycles. The van der Waals surface area contributed by atoms with E-state index < -0.39 is 0 Å². The van der Waals surface area contributed by atoms with Crippen LogP contribution in [0, 0.1) is 5.41 Å². The molecule has 3 aliphatic heterocycles. The molecular formula is C21H24Cl2N4O4. The van der Waals surface area contributed by atoms with Crippen molar-refractivity contribution in [2.75, 3.05) is 31.4 Å². The molecule has 0 saturated carbocycles. The van der Waals surface area contributed by atoms with Crippen LogP contribution in [0.3, 0.4) is 0 Å². The summed E-state index contributed by atoms with van der Waals surface area (Å²) in [4.78, 5) is 11.4. The minimum atomic E-state index is -0.255. The molecule has 0 aliphatic carbocycles. The van der Waals surface area contributed by atoms with E-state index in [1.54, 1.807) is 12.3 Å². The Morgan fingerprint density at radius 2 is 2.06 bits per heavy atom. The Kier molecular flexibility index (Phi) is 5.38. The number of benzene rings is 1. The lowest BCUT2D eigenvalue weighted by molar-refractivity contribution is 0.0973. The van der Waals surface area contributed by atoms with Gasteiger partial charge in [0.25, 0.3) is 0 Å². The highest BCUT2D eigenvalue weighted by atomic mass is 35.5. The maximum atomic E-state index is 10.0. The van der Waals surface area contributed by atoms with Crippen molar-refractivity contribution in [1.29, 1.82) is 0 Å². The number of hydrogen-bond acceptors (Lipinski definition) is 8. The number of aliphatic hydroxyl groups is 1. The summed E-state index contributed by atoms with van der Waals surface area (Å²) in [5.41, 5.74) is 7.88. The fourth-order valence-corrected chi connectivity index (χ4v) is 5.20. The quantitative estimate of drug-likeness (QED) is 0.711. The van der Waals surface area contributed by atoms with E-state index in [9.17, 15) is 5.11 Å². The molecule has 2 fully saturated rings. The van der Waals surface area contributed by atoms with Gasteiger partial charge >= 0.3 is 0 Å². The van der Waals surface area contributed by atoms with Crippen LogP contribution in [0.25, 0.3) is 11.3 Å². The Labute approximate surface area is 190 Å². The highest BCUT2D eigenvalue weighted by Gasteiger charge is 2.47. The molecule has 3 aliphatic rings. The maximum Gasteiger partial charge on any atom is 0.231 e. The third kappa shape index (κ3) is 3.41. The standard InChI is InChI=1S/C21H24Cl2N4O4/c1-11-19(24)21(9-29-11)2-4-27(5-3-21)20-14(8-28)26-13(7-25-20)16-17(23)12(22)6-15-18(16)31-10-30-15/h6-7,11,19,28H,2-5,8-10,24H2,1H3/t11-,19+/m0/s1. The van der Waals surface area contributed by atoms with Crippen molar-refractivity contribution < 1.29 is 19.3 Å². The van der Waals surface area contributed by atoms with Crippen molar-refractivity contribution in [3.8, 4) is 22.8 Å². The lowest BCUT2D eigenvalue weighted by Gasteiger charge is -2.41. The molecule has 2 atom stereocenters. The van der Waals surface area contributed by atoms with E-state index in [2.05, 4.69) is 14.9 Å². The van der Waals surface area contributed by atoms with Crippen LogP contribution in [0.4, 0.5) is 5.82 Å². The van der Waals surface area contributed by atoms with Crippen molar-refractivity contribution in [2.24, 2.45) is 11.1 Å². The molecule has 8 nitrogen and oxygen atoms in total. The molecule has 0 bridgehead atoms. The van der Waals surface area contributed by atoms with Gasteiger partial charge in [0.1, 0.15) is 5.69 Å². The number of rotatable bonds is 3. The minimum Gasteiger partial charge on any atom is -0.454 e. The zero-order valence-corrected chi connectivity index (χ0v) is 18.6. The molecule has 1 spiro atoms. The van der Waals surface area contributed by atoms with Crippen LogP contribution < -0.4 is 20.1 Å². The molecule has 0 amide bonds. The average Bonchev–Trinajstić information content (AvgIpc) is 3.35.